The van der Waals surface area contributed by atoms with Gasteiger partial charge >= 0.3 is 5.97 Å². The van der Waals surface area contributed by atoms with Crippen LogP contribution in [0.25, 0.3) is 0 Å². The number of esters is 1. The monoisotopic (exact) mass is 637 g/mol. The standard InChI is InChI=1S/C15H13I3O4/c16-8-4-10(13(18)11(17)5-8)15(21)22-12-3-6-1-7(12)2-9(6)14(19)20/h4-7,9,12H,1-3H2,(H,19,20)/p-1. The molecule has 2 fully saturated rings. The molecule has 1 aromatic carbocycles. The summed E-state index contributed by atoms with van der Waals surface area (Å²) < 4.78 is 8.62. The second kappa shape index (κ2) is 6.69. The Hall–Kier alpha value is 0.350. The van der Waals surface area contributed by atoms with E-state index >= 15 is 0 Å². The van der Waals surface area contributed by atoms with Crippen molar-refractivity contribution in [3.63, 3.8) is 0 Å². The molecule has 0 saturated heterocycles. The number of aliphatic carboxylic acids is 1. The number of fused-ring (bicyclic) bond motifs is 2. The van der Waals surface area contributed by atoms with Gasteiger partial charge in [0.1, 0.15) is 6.10 Å². The highest BCUT2D eigenvalue weighted by Crippen LogP contribution is 2.49. The molecule has 0 spiro atoms. The molecule has 4 nitrogen and oxygen atoms in total. The zero-order chi connectivity index (χ0) is 16.0. The lowest BCUT2D eigenvalue weighted by Crippen LogP contribution is -2.37. The number of halogens is 3. The number of carboxylic acid groups (broad SMARTS) is 1. The van der Waals surface area contributed by atoms with Crippen molar-refractivity contribution < 1.29 is 19.4 Å². The molecule has 0 radical (unpaired) electrons. The largest absolute Gasteiger partial charge is 0.550 e. The van der Waals surface area contributed by atoms with Crippen molar-refractivity contribution in [1.29, 1.82) is 0 Å². The molecule has 2 bridgehead atoms. The van der Waals surface area contributed by atoms with Crippen LogP contribution in [0.4, 0.5) is 0 Å². The highest BCUT2D eigenvalue weighted by atomic mass is 127. The average molecular weight is 637 g/mol. The van der Waals surface area contributed by atoms with Crippen molar-refractivity contribution in [2.75, 3.05) is 0 Å². The molecule has 2 aliphatic rings. The molecule has 0 aromatic heterocycles. The number of ether oxygens (including phenoxy) is 1. The van der Waals surface area contributed by atoms with Crippen LogP contribution in [-0.2, 0) is 9.53 Å². The maximum Gasteiger partial charge on any atom is 0.339 e. The Morgan fingerprint density at radius 1 is 1.09 bits per heavy atom. The Labute approximate surface area is 169 Å². The highest BCUT2D eigenvalue weighted by molar-refractivity contribution is 14.1. The number of hydrogen-bond acceptors (Lipinski definition) is 4. The Bertz CT molecular complexity index is 646. The number of hydrogen-bond donors (Lipinski definition) is 0. The van der Waals surface area contributed by atoms with Crippen LogP contribution in [0, 0.1) is 28.5 Å². The van der Waals surface area contributed by atoms with Crippen LogP contribution in [0.2, 0.25) is 0 Å². The molecule has 7 heteroatoms. The van der Waals surface area contributed by atoms with Gasteiger partial charge in [0.15, 0.2) is 0 Å². The van der Waals surface area contributed by atoms with Gasteiger partial charge in [-0.3, -0.25) is 0 Å². The Kier molecular flexibility index (Phi) is 5.23. The summed E-state index contributed by atoms with van der Waals surface area (Å²) >= 11 is 6.56. The van der Waals surface area contributed by atoms with Crippen LogP contribution >= 0.6 is 67.8 Å². The first-order chi connectivity index (χ1) is 10.4. The zero-order valence-corrected chi connectivity index (χ0v) is 17.8. The summed E-state index contributed by atoms with van der Waals surface area (Å²) in [6.07, 6.45) is 1.90. The van der Waals surface area contributed by atoms with Gasteiger partial charge in [-0.25, -0.2) is 4.79 Å². The van der Waals surface area contributed by atoms with Gasteiger partial charge in [0, 0.05) is 22.6 Å². The molecule has 0 heterocycles. The van der Waals surface area contributed by atoms with E-state index in [0.717, 1.165) is 17.1 Å². The third kappa shape index (κ3) is 3.26. The predicted octanol–water partition coefficient (Wildman–Crippen LogP) is 2.82. The molecule has 2 aliphatic carbocycles. The first kappa shape index (κ1) is 17.2. The van der Waals surface area contributed by atoms with E-state index in [1.807, 2.05) is 12.1 Å². The van der Waals surface area contributed by atoms with Gasteiger partial charge in [-0.15, -0.1) is 0 Å². The van der Waals surface area contributed by atoms with Gasteiger partial charge in [-0.1, -0.05) is 0 Å². The summed E-state index contributed by atoms with van der Waals surface area (Å²) in [5.41, 5.74) is 0.594. The second-order valence-electron chi connectivity index (χ2n) is 5.85. The van der Waals surface area contributed by atoms with E-state index in [1.165, 1.54) is 0 Å². The average Bonchev–Trinajstić information content (AvgIpc) is 3.02. The van der Waals surface area contributed by atoms with E-state index in [0.29, 0.717) is 18.4 Å². The van der Waals surface area contributed by atoms with Crippen molar-refractivity contribution in [1.82, 2.24) is 0 Å². The first-order valence-electron chi connectivity index (χ1n) is 6.93. The summed E-state index contributed by atoms with van der Waals surface area (Å²) in [6.45, 7) is 0. The Morgan fingerprint density at radius 3 is 2.41 bits per heavy atom. The minimum Gasteiger partial charge on any atom is -0.550 e. The molecule has 4 unspecified atom stereocenters. The lowest BCUT2D eigenvalue weighted by atomic mass is 9.87. The van der Waals surface area contributed by atoms with E-state index in [1.54, 1.807) is 0 Å². The van der Waals surface area contributed by atoms with Crippen molar-refractivity contribution in [2.24, 2.45) is 17.8 Å². The summed E-state index contributed by atoms with van der Waals surface area (Å²) in [5.74, 6) is -1.36. The smallest absolute Gasteiger partial charge is 0.339 e. The fraction of sp³-hybridized carbons (Fsp3) is 0.467. The van der Waals surface area contributed by atoms with Crippen LogP contribution in [0.15, 0.2) is 12.1 Å². The number of carbonyl (C=O) groups excluding carboxylic acids is 2. The van der Waals surface area contributed by atoms with Crippen LogP contribution < -0.4 is 5.11 Å². The van der Waals surface area contributed by atoms with Gasteiger partial charge in [0.25, 0.3) is 0 Å². The molecule has 0 N–H and O–H groups in total. The lowest BCUT2D eigenvalue weighted by Gasteiger charge is -2.28. The van der Waals surface area contributed by atoms with Crippen molar-refractivity contribution in [3.05, 3.63) is 28.4 Å². The summed E-state index contributed by atoms with van der Waals surface area (Å²) in [5, 5.41) is 11.0. The van der Waals surface area contributed by atoms with E-state index < -0.39 is 5.97 Å². The molecule has 2 saturated carbocycles. The van der Waals surface area contributed by atoms with E-state index in [2.05, 4.69) is 67.8 Å². The summed E-state index contributed by atoms with van der Waals surface area (Å²) in [7, 11) is 0. The van der Waals surface area contributed by atoms with Crippen molar-refractivity contribution in [2.45, 2.75) is 25.4 Å². The fourth-order valence-corrected chi connectivity index (χ4v) is 5.94. The molecule has 3 rings (SSSR count). The summed E-state index contributed by atoms with van der Waals surface area (Å²) in [4.78, 5) is 23.5. The maximum absolute atomic E-state index is 12.5. The minimum atomic E-state index is -0.959. The second-order valence-corrected chi connectivity index (χ2v) is 9.33. The third-order valence-corrected chi connectivity index (χ3v) is 8.23. The SMILES string of the molecule is O=C(OC1CC2CC1CC2C(=O)[O-])c1cc(I)cc(I)c1I. The lowest BCUT2D eigenvalue weighted by molar-refractivity contribution is -0.313. The van der Waals surface area contributed by atoms with E-state index in [4.69, 9.17) is 4.74 Å². The fourth-order valence-electron chi connectivity index (χ4n) is 3.56. The normalized spacial score (nSPS) is 29.6. The van der Waals surface area contributed by atoms with Gasteiger partial charge in [-0.05, 0) is 111 Å². The zero-order valence-electron chi connectivity index (χ0n) is 11.4. The number of carbonyl (C=O) groups is 2. The van der Waals surface area contributed by atoms with Gasteiger partial charge in [0.2, 0.25) is 0 Å². The molecule has 118 valence electrons. The minimum absolute atomic E-state index is 0.0999. The molecule has 22 heavy (non-hydrogen) atoms. The molecule has 1 aromatic rings. The molecule has 4 atom stereocenters. The van der Waals surface area contributed by atoms with Crippen LogP contribution in [0.5, 0.6) is 0 Å². The number of benzene rings is 1. The van der Waals surface area contributed by atoms with Crippen LogP contribution in [0.3, 0.4) is 0 Å². The highest BCUT2D eigenvalue weighted by Gasteiger charge is 2.48. The maximum atomic E-state index is 12.5. The van der Waals surface area contributed by atoms with E-state index in [9.17, 15) is 14.7 Å². The Balaban J connectivity index is 1.71. The van der Waals surface area contributed by atoms with Crippen LogP contribution in [0.1, 0.15) is 29.6 Å². The summed E-state index contributed by atoms with van der Waals surface area (Å²) in [6, 6.07) is 3.85. The van der Waals surface area contributed by atoms with Gasteiger partial charge in [0.05, 0.1) is 5.56 Å². The van der Waals surface area contributed by atoms with Crippen molar-refractivity contribution >= 4 is 79.7 Å². The quantitative estimate of drug-likeness (QED) is 0.291. The first-order valence-corrected chi connectivity index (χ1v) is 10.2. The molecule has 0 amide bonds. The van der Waals surface area contributed by atoms with Crippen LogP contribution in [-0.4, -0.2) is 18.0 Å². The topological polar surface area (TPSA) is 66.4 Å². The predicted molar refractivity (Wildman–Crippen MR) is 103 cm³/mol. The van der Waals surface area contributed by atoms with Gasteiger partial charge < -0.3 is 14.6 Å². The number of carboxylic acids is 1. The molecular weight excluding hydrogens is 625 g/mol. The number of rotatable bonds is 3. The molecule has 0 aliphatic heterocycles. The van der Waals surface area contributed by atoms with Crippen molar-refractivity contribution in [3.8, 4) is 0 Å². The molecular formula is C15H12I3O4-. The Morgan fingerprint density at radius 2 is 1.82 bits per heavy atom. The van der Waals surface area contributed by atoms with E-state index in [-0.39, 0.29) is 29.8 Å². The van der Waals surface area contributed by atoms with Gasteiger partial charge in [-0.2, -0.15) is 0 Å². The third-order valence-electron chi connectivity index (χ3n) is 4.57.